The molecule has 0 saturated carbocycles. The van der Waals surface area contributed by atoms with E-state index in [1.807, 2.05) is 29.2 Å². The third-order valence-corrected chi connectivity index (χ3v) is 6.23. The summed E-state index contributed by atoms with van der Waals surface area (Å²) in [6, 6.07) is 7.46. The molecule has 2 aliphatic rings. The van der Waals surface area contributed by atoms with Crippen LogP contribution < -0.4 is 0 Å². The van der Waals surface area contributed by atoms with Crippen LogP contribution in [0.1, 0.15) is 19.3 Å². The number of carbonyl (C=O) groups excluding carboxylic acids is 1. The first kappa shape index (κ1) is 18.5. The highest BCUT2D eigenvalue weighted by Gasteiger charge is 2.40. The lowest BCUT2D eigenvalue weighted by Crippen LogP contribution is -2.43. The number of halogens is 1. The summed E-state index contributed by atoms with van der Waals surface area (Å²) in [4.78, 5) is 26.6. The van der Waals surface area contributed by atoms with E-state index < -0.39 is 11.9 Å². The van der Waals surface area contributed by atoms with Crippen LogP contribution in [0.15, 0.2) is 29.2 Å². The molecule has 0 spiro atoms. The smallest absolute Gasteiger partial charge is 0.309 e. The second-order valence-electron chi connectivity index (χ2n) is 6.53. The molecular weight excluding hydrogens is 362 g/mol. The van der Waals surface area contributed by atoms with E-state index in [4.69, 9.17) is 16.3 Å². The molecule has 1 N–H and O–H groups in total. The zero-order chi connectivity index (χ0) is 17.8. The van der Waals surface area contributed by atoms with Crippen LogP contribution in [-0.2, 0) is 14.3 Å². The highest BCUT2D eigenvalue weighted by atomic mass is 35.5. The first-order chi connectivity index (χ1) is 12.0. The van der Waals surface area contributed by atoms with Crippen molar-refractivity contribution in [2.45, 2.75) is 30.3 Å². The van der Waals surface area contributed by atoms with E-state index >= 15 is 0 Å². The van der Waals surface area contributed by atoms with E-state index in [0.29, 0.717) is 36.9 Å². The fourth-order valence-corrected chi connectivity index (χ4v) is 4.51. The minimum Gasteiger partial charge on any atom is -0.481 e. The maximum absolute atomic E-state index is 12.4. The first-order valence-electron chi connectivity index (χ1n) is 8.55. The van der Waals surface area contributed by atoms with Crippen molar-refractivity contribution in [2.75, 3.05) is 25.4 Å². The molecule has 25 heavy (non-hydrogen) atoms. The Kier molecular flexibility index (Phi) is 6.25. The summed E-state index contributed by atoms with van der Waals surface area (Å²) in [6.45, 7) is 1.88. The molecular formula is C18H22ClNO4S. The number of thioether (sulfide) groups is 1. The molecule has 2 heterocycles. The average molecular weight is 384 g/mol. The molecule has 0 radical (unpaired) electrons. The van der Waals surface area contributed by atoms with Crippen molar-refractivity contribution < 1.29 is 19.4 Å². The molecule has 136 valence electrons. The molecule has 2 fully saturated rings. The molecule has 7 heteroatoms. The standard InChI is InChI=1S/C18H22ClNO4S/c19-13-1-3-14(4-2-13)25-11-16(21)20-8-5-12(6-9-20)17-15(18(22)23)7-10-24-17/h1-4,12,15,17H,5-11H2,(H,22,23)/t15?,17-/m0/s1. The molecule has 3 rings (SSSR count). The number of amides is 1. The van der Waals surface area contributed by atoms with E-state index in [1.54, 1.807) is 0 Å². The van der Waals surface area contributed by atoms with Crippen molar-refractivity contribution in [3.8, 4) is 0 Å². The van der Waals surface area contributed by atoms with Crippen molar-refractivity contribution in [1.82, 2.24) is 4.90 Å². The summed E-state index contributed by atoms with van der Waals surface area (Å²) >= 11 is 7.37. The van der Waals surface area contributed by atoms with Gasteiger partial charge in [0.15, 0.2) is 0 Å². The minimum absolute atomic E-state index is 0.125. The predicted molar refractivity (Wildman–Crippen MR) is 97.0 cm³/mol. The zero-order valence-electron chi connectivity index (χ0n) is 13.9. The topological polar surface area (TPSA) is 66.8 Å². The highest BCUT2D eigenvalue weighted by molar-refractivity contribution is 8.00. The molecule has 0 aliphatic carbocycles. The van der Waals surface area contributed by atoms with Crippen LogP contribution >= 0.6 is 23.4 Å². The second-order valence-corrected chi connectivity index (χ2v) is 8.01. The van der Waals surface area contributed by atoms with Gasteiger partial charge in [0.05, 0.1) is 17.8 Å². The average Bonchev–Trinajstić information content (AvgIpc) is 3.11. The molecule has 1 amide bonds. The van der Waals surface area contributed by atoms with Gasteiger partial charge in [-0.1, -0.05) is 11.6 Å². The summed E-state index contributed by atoms with van der Waals surface area (Å²) in [7, 11) is 0. The van der Waals surface area contributed by atoms with Gasteiger partial charge in [0.2, 0.25) is 5.91 Å². The fraction of sp³-hybridized carbons (Fsp3) is 0.556. The number of carboxylic acids is 1. The highest BCUT2D eigenvalue weighted by Crippen LogP contribution is 2.33. The Bertz CT molecular complexity index is 616. The van der Waals surface area contributed by atoms with Gasteiger partial charge in [0.1, 0.15) is 0 Å². The number of ether oxygens (including phenoxy) is 1. The van der Waals surface area contributed by atoms with Gasteiger partial charge in [0.25, 0.3) is 0 Å². The molecule has 1 unspecified atom stereocenters. The molecule has 1 aromatic rings. The van der Waals surface area contributed by atoms with Crippen LogP contribution in [0.3, 0.4) is 0 Å². The fourth-order valence-electron chi connectivity index (χ4n) is 3.58. The van der Waals surface area contributed by atoms with Crippen molar-refractivity contribution >= 4 is 35.2 Å². The molecule has 0 aromatic heterocycles. The Hall–Kier alpha value is -1.24. The van der Waals surface area contributed by atoms with Gasteiger partial charge in [-0.2, -0.15) is 0 Å². The van der Waals surface area contributed by atoms with Gasteiger partial charge in [-0.25, -0.2) is 0 Å². The third-order valence-electron chi connectivity index (χ3n) is 4.99. The third kappa shape index (κ3) is 4.68. The quantitative estimate of drug-likeness (QED) is 0.791. The Morgan fingerprint density at radius 3 is 2.52 bits per heavy atom. The van der Waals surface area contributed by atoms with Crippen molar-refractivity contribution in [1.29, 1.82) is 0 Å². The Morgan fingerprint density at radius 2 is 1.88 bits per heavy atom. The van der Waals surface area contributed by atoms with Gasteiger partial charge < -0.3 is 14.7 Å². The number of likely N-dealkylation sites (tertiary alicyclic amines) is 1. The predicted octanol–water partition coefficient (Wildman–Crippen LogP) is 3.16. The van der Waals surface area contributed by atoms with Crippen LogP contribution in [0.4, 0.5) is 0 Å². The normalized spacial score (nSPS) is 24.4. The van der Waals surface area contributed by atoms with Crippen molar-refractivity contribution in [3.05, 3.63) is 29.3 Å². The van der Waals surface area contributed by atoms with E-state index in [9.17, 15) is 14.7 Å². The van der Waals surface area contributed by atoms with Crippen LogP contribution in [0, 0.1) is 11.8 Å². The van der Waals surface area contributed by atoms with Gasteiger partial charge in [-0.05, 0) is 49.4 Å². The van der Waals surface area contributed by atoms with Gasteiger partial charge in [-0.3, -0.25) is 9.59 Å². The summed E-state index contributed by atoms with van der Waals surface area (Å²) in [6.07, 6.45) is 2.02. The molecule has 1 aromatic carbocycles. The molecule has 5 nitrogen and oxygen atoms in total. The van der Waals surface area contributed by atoms with Crippen LogP contribution in [0.2, 0.25) is 5.02 Å². The molecule has 2 saturated heterocycles. The number of benzene rings is 1. The summed E-state index contributed by atoms with van der Waals surface area (Å²) in [5, 5.41) is 9.98. The van der Waals surface area contributed by atoms with E-state index in [2.05, 4.69) is 0 Å². The number of carboxylic acid groups (broad SMARTS) is 1. The van der Waals surface area contributed by atoms with Gasteiger partial charge >= 0.3 is 5.97 Å². The largest absolute Gasteiger partial charge is 0.481 e. The lowest BCUT2D eigenvalue weighted by Gasteiger charge is -2.35. The number of carbonyl (C=O) groups is 2. The summed E-state index contributed by atoms with van der Waals surface area (Å²) in [5.74, 6) is -0.394. The number of nitrogens with zero attached hydrogens (tertiary/aromatic N) is 1. The van der Waals surface area contributed by atoms with Crippen LogP contribution in [-0.4, -0.2) is 53.4 Å². The Balaban J connectivity index is 1.46. The lowest BCUT2D eigenvalue weighted by atomic mass is 9.84. The first-order valence-corrected chi connectivity index (χ1v) is 9.91. The van der Waals surface area contributed by atoms with E-state index in [0.717, 1.165) is 17.7 Å². The van der Waals surface area contributed by atoms with Gasteiger partial charge in [0, 0.05) is 29.6 Å². The van der Waals surface area contributed by atoms with Crippen molar-refractivity contribution in [3.63, 3.8) is 0 Å². The minimum atomic E-state index is -0.764. The molecule has 2 aliphatic heterocycles. The van der Waals surface area contributed by atoms with Crippen molar-refractivity contribution in [2.24, 2.45) is 11.8 Å². The van der Waals surface area contributed by atoms with E-state index in [-0.39, 0.29) is 17.9 Å². The maximum Gasteiger partial charge on any atom is 0.309 e. The number of aliphatic carboxylic acids is 1. The number of hydrogen-bond donors (Lipinski definition) is 1. The SMILES string of the molecule is O=C(O)C1CCO[C@H]1C1CCN(C(=O)CSc2ccc(Cl)cc2)CC1. The number of piperidine rings is 1. The summed E-state index contributed by atoms with van der Waals surface area (Å²) < 4.78 is 5.68. The number of hydrogen-bond acceptors (Lipinski definition) is 4. The van der Waals surface area contributed by atoms with E-state index in [1.165, 1.54) is 11.8 Å². The number of rotatable bonds is 5. The Labute approximate surface area is 156 Å². The monoisotopic (exact) mass is 383 g/mol. The maximum atomic E-state index is 12.4. The summed E-state index contributed by atoms with van der Waals surface area (Å²) in [5.41, 5.74) is 0. The Morgan fingerprint density at radius 1 is 1.20 bits per heavy atom. The van der Waals surface area contributed by atoms with Crippen LogP contribution in [0.25, 0.3) is 0 Å². The molecule has 2 atom stereocenters. The van der Waals surface area contributed by atoms with Crippen LogP contribution in [0.5, 0.6) is 0 Å². The second kappa shape index (κ2) is 8.43. The zero-order valence-corrected chi connectivity index (χ0v) is 15.5. The molecule has 0 bridgehead atoms. The lowest BCUT2D eigenvalue weighted by molar-refractivity contribution is -0.145. The van der Waals surface area contributed by atoms with Gasteiger partial charge in [-0.15, -0.1) is 11.8 Å².